The van der Waals surface area contributed by atoms with Crippen LogP contribution in [0.4, 0.5) is 0 Å². The van der Waals surface area contributed by atoms with Gasteiger partial charge in [0.05, 0.1) is 0 Å². The van der Waals surface area contributed by atoms with Crippen LogP contribution in [0.2, 0.25) is 0 Å². The van der Waals surface area contributed by atoms with Crippen molar-refractivity contribution in [2.45, 2.75) is 60.8 Å². The second-order valence-corrected chi connectivity index (χ2v) is 4.80. The van der Waals surface area contributed by atoms with Gasteiger partial charge in [-0.25, -0.2) is 0 Å². The molecule has 1 rings (SSSR count). The second-order valence-electron chi connectivity index (χ2n) is 4.80. The van der Waals surface area contributed by atoms with E-state index < -0.39 is 5.97 Å². The molecule has 0 aromatic carbocycles. The highest BCUT2D eigenvalue weighted by Gasteiger charge is 2.44. The average molecular weight is 259 g/mol. The van der Waals surface area contributed by atoms with Crippen LogP contribution in [-0.4, -0.2) is 17.6 Å². The van der Waals surface area contributed by atoms with Crippen molar-refractivity contribution in [1.29, 1.82) is 0 Å². The molecule has 1 aliphatic carbocycles. The molecule has 1 fully saturated rings. The number of carbonyl (C=O) groups is 1. The molecule has 3 heteroatoms. The van der Waals surface area contributed by atoms with E-state index in [1.807, 2.05) is 13.8 Å². The Hall–Kier alpha value is -0.570. The smallest absolute Gasteiger partial charge is 0.300 e. The summed E-state index contributed by atoms with van der Waals surface area (Å²) in [7, 11) is 0. The van der Waals surface area contributed by atoms with Crippen LogP contribution in [0.5, 0.6) is 0 Å². The molecule has 0 saturated heterocycles. The van der Waals surface area contributed by atoms with Gasteiger partial charge in [-0.1, -0.05) is 53.9 Å². The fourth-order valence-electron chi connectivity index (χ4n) is 3.07. The molecule has 0 aromatic rings. The fraction of sp³-hybridized carbons (Fsp3) is 0.933. The zero-order chi connectivity index (χ0) is 14.7. The molecule has 0 aliphatic heterocycles. The van der Waals surface area contributed by atoms with Gasteiger partial charge in [-0.3, -0.25) is 4.79 Å². The van der Waals surface area contributed by atoms with Crippen LogP contribution in [0.15, 0.2) is 0 Å². The van der Waals surface area contributed by atoms with Crippen molar-refractivity contribution in [3.8, 4) is 0 Å². The van der Waals surface area contributed by atoms with Gasteiger partial charge in [-0.05, 0) is 30.2 Å². The normalized spacial score (nSPS) is 29.1. The molecule has 4 atom stereocenters. The van der Waals surface area contributed by atoms with Gasteiger partial charge >= 0.3 is 0 Å². The maximum absolute atomic E-state index is 9.00. The van der Waals surface area contributed by atoms with Gasteiger partial charge in [0, 0.05) is 6.92 Å². The summed E-state index contributed by atoms with van der Waals surface area (Å²) in [5, 5.41) is 7.42. The maximum Gasteiger partial charge on any atom is 0.300 e. The standard InChI is InChI=1S/C11H23N.C2H4O2.C2H6/c1-4-6-10-8(3)11(7-12)9(10)5-2;1-2(3)4;1-2/h8-11H,4-7,12H2,1-3H3;1H3,(H,3,4);1-2H3/t8?,9?,10-,11-;;/m1../s1. The average Bonchev–Trinajstić information content (AvgIpc) is 2.34. The lowest BCUT2D eigenvalue weighted by Crippen LogP contribution is -2.48. The van der Waals surface area contributed by atoms with Crippen molar-refractivity contribution in [3.05, 3.63) is 0 Å². The Morgan fingerprint density at radius 3 is 1.89 bits per heavy atom. The van der Waals surface area contributed by atoms with Crippen LogP contribution in [0.25, 0.3) is 0 Å². The van der Waals surface area contributed by atoms with E-state index in [1.54, 1.807) is 0 Å². The van der Waals surface area contributed by atoms with Crippen LogP contribution in [-0.2, 0) is 4.79 Å². The number of rotatable bonds is 4. The minimum absolute atomic E-state index is 0.826. The summed E-state index contributed by atoms with van der Waals surface area (Å²) in [6.07, 6.45) is 4.08. The highest BCUT2D eigenvalue weighted by molar-refractivity contribution is 5.62. The molecule has 18 heavy (non-hydrogen) atoms. The van der Waals surface area contributed by atoms with E-state index >= 15 is 0 Å². The summed E-state index contributed by atoms with van der Waals surface area (Å²) >= 11 is 0. The molecule has 2 unspecified atom stereocenters. The number of aliphatic carboxylic acids is 1. The van der Waals surface area contributed by atoms with Gasteiger partial charge in [0.1, 0.15) is 0 Å². The Morgan fingerprint density at radius 1 is 1.17 bits per heavy atom. The third-order valence-electron chi connectivity index (χ3n) is 3.82. The van der Waals surface area contributed by atoms with Crippen molar-refractivity contribution in [3.63, 3.8) is 0 Å². The Kier molecular flexibility index (Phi) is 12.6. The molecular formula is C15H33NO2. The first-order chi connectivity index (χ1) is 8.49. The SMILES string of the molecule is CC.CC(=O)O.CCC[C@@H]1C(C)[C@@H](CN)C1CC. The topological polar surface area (TPSA) is 63.3 Å². The molecule has 3 nitrogen and oxygen atoms in total. The Balaban J connectivity index is 0. The molecule has 0 amide bonds. The Morgan fingerprint density at radius 2 is 1.61 bits per heavy atom. The summed E-state index contributed by atoms with van der Waals surface area (Å²) < 4.78 is 0. The van der Waals surface area contributed by atoms with Gasteiger partial charge < -0.3 is 10.8 Å². The molecule has 110 valence electrons. The molecular weight excluding hydrogens is 226 g/mol. The molecule has 0 bridgehead atoms. The predicted octanol–water partition coefficient (Wildman–Crippen LogP) is 3.77. The van der Waals surface area contributed by atoms with Crippen molar-refractivity contribution < 1.29 is 9.90 Å². The third-order valence-corrected chi connectivity index (χ3v) is 3.82. The first-order valence-corrected chi connectivity index (χ1v) is 7.39. The molecule has 3 N–H and O–H groups in total. The molecule has 0 spiro atoms. The van der Waals surface area contributed by atoms with E-state index in [0.717, 1.165) is 37.1 Å². The summed E-state index contributed by atoms with van der Waals surface area (Å²) in [5.74, 6) is 2.80. The van der Waals surface area contributed by atoms with E-state index in [0.29, 0.717) is 0 Å². The molecule has 0 aromatic heterocycles. The fourth-order valence-corrected chi connectivity index (χ4v) is 3.07. The van der Waals surface area contributed by atoms with Gasteiger partial charge in [-0.2, -0.15) is 0 Å². The zero-order valence-corrected chi connectivity index (χ0v) is 13.1. The van der Waals surface area contributed by atoms with E-state index in [9.17, 15) is 0 Å². The Bertz CT molecular complexity index is 203. The number of hydrogen-bond acceptors (Lipinski definition) is 2. The van der Waals surface area contributed by atoms with E-state index in [1.165, 1.54) is 19.3 Å². The monoisotopic (exact) mass is 259 g/mol. The van der Waals surface area contributed by atoms with Crippen LogP contribution in [0.3, 0.4) is 0 Å². The van der Waals surface area contributed by atoms with Crippen molar-refractivity contribution in [1.82, 2.24) is 0 Å². The molecule has 1 aliphatic rings. The minimum atomic E-state index is -0.833. The lowest BCUT2D eigenvalue weighted by molar-refractivity contribution is -0.134. The van der Waals surface area contributed by atoms with Crippen molar-refractivity contribution in [2.24, 2.45) is 29.4 Å². The number of hydrogen-bond donors (Lipinski definition) is 2. The van der Waals surface area contributed by atoms with Gasteiger partial charge in [0.15, 0.2) is 0 Å². The first-order valence-electron chi connectivity index (χ1n) is 7.39. The van der Waals surface area contributed by atoms with Crippen molar-refractivity contribution in [2.75, 3.05) is 6.54 Å². The molecule has 1 saturated carbocycles. The van der Waals surface area contributed by atoms with E-state index in [-0.39, 0.29) is 0 Å². The van der Waals surface area contributed by atoms with Crippen LogP contribution in [0.1, 0.15) is 60.8 Å². The highest BCUT2D eigenvalue weighted by atomic mass is 16.4. The van der Waals surface area contributed by atoms with Crippen LogP contribution in [0, 0.1) is 23.7 Å². The largest absolute Gasteiger partial charge is 0.481 e. The lowest BCUT2D eigenvalue weighted by Gasteiger charge is -2.51. The third kappa shape index (κ3) is 6.39. The minimum Gasteiger partial charge on any atom is -0.481 e. The summed E-state index contributed by atoms with van der Waals surface area (Å²) in [4.78, 5) is 9.00. The second kappa shape index (κ2) is 11.5. The quantitative estimate of drug-likeness (QED) is 0.807. The highest BCUT2D eigenvalue weighted by Crippen LogP contribution is 2.49. The number of carboxylic acids is 1. The van der Waals surface area contributed by atoms with E-state index in [2.05, 4.69) is 20.8 Å². The Labute approximate surface area is 113 Å². The summed E-state index contributed by atoms with van der Waals surface area (Å²) in [6.45, 7) is 13.0. The van der Waals surface area contributed by atoms with Gasteiger partial charge in [-0.15, -0.1) is 0 Å². The van der Waals surface area contributed by atoms with Crippen LogP contribution >= 0.6 is 0 Å². The van der Waals surface area contributed by atoms with Gasteiger partial charge in [0.2, 0.25) is 0 Å². The van der Waals surface area contributed by atoms with E-state index in [4.69, 9.17) is 15.6 Å². The zero-order valence-electron chi connectivity index (χ0n) is 13.1. The molecule has 0 radical (unpaired) electrons. The predicted molar refractivity (Wildman–Crippen MR) is 78.5 cm³/mol. The van der Waals surface area contributed by atoms with Crippen LogP contribution < -0.4 is 5.73 Å². The number of carboxylic acid groups (broad SMARTS) is 1. The molecule has 0 heterocycles. The summed E-state index contributed by atoms with van der Waals surface area (Å²) in [6, 6.07) is 0. The first kappa shape index (κ1) is 19.8. The maximum atomic E-state index is 9.00. The summed E-state index contributed by atoms with van der Waals surface area (Å²) in [5.41, 5.74) is 5.75. The number of nitrogens with two attached hydrogens (primary N) is 1. The van der Waals surface area contributed by atoms with Crippen molar-refractivity contribution >= 4 is 5.97 Å². The lowest BCUT2D eigenvalue weighted by atomic mass is 9.55. The van der Waals surface area contributed by atoms with Gasteiger partial charge in [0.25, 0.3) is 5.97 Å².